The number of rotatable bonds is 8. The summed E-state index contributed by atoms with van der Waals surface area (Å²) in [4.78, 5) is 12.5. The SMILES string of the molecule is [C-]#[N+]c1ccc2c(c1)C(CC)(CC)c1c3c(c4cc(SC)c(N5CCOCC5)cc4c1-2)OC(c1ccc(N2CCOCC2)cc1)(c1ccc(N2CCOCC2)cc1)C=C3. The van der Waals surface area contributed by atoms with Gasteiger partial charge >= 0.3 is 0 Å². The minimum absolute atomic E-state index is 0.283. The van der Waals surface area contributed by atoms with E-state index >= 15 is 0 Å². The van der Waals surface area contributed by atoms with Crippen LogP contribution in [0.25, 0.3) is 32.8 Å². The van der Waals surface area contributed by atoms with Gasteiger partial charge in [0, 0.05) is 83.0 Å². The molecule has 0 aromatic heterocycles. The van der Waals surface area contributed by atoms with E-state index in [0.29, 0.717) is 5.69 Å². The molecule has 4 heterocycles. The standard InChI is InChI=1S/C50H52N4O4S/c1-5-49(6-2)43-31-36(51-3)11-16-39(43)46-41-32-44(54-23-29-57-30-24-54)45(59-4)33-42(41)48-40(47(46)49)17-18-50(58-48,34-7-12-37(13-8-34)52-19-25-55-26-20-52)35-9-14-38(15-10-35)53-21-27-56-28-22-53/h7-18,31-33H,5-6,19-30H2,1-2,4H3. The minimum atomic E-state index is -0.895. The Morgan fingerprint density at radius 2 is 1.24 bits per heavy atom. The Morgan fingerprint density at radius 1 is 0.678 bits per heavy atom. The first-order chi connectivity index (χ1) is 29.0. The minimum Gasteiger partial charge on any atom is -0.472 e. The van der Waals surface area contributed by atoms with Gasteiger partial charge in [0.15, 0.2) is 11.3 Å². The van der Waals surface area contributed by atoms with Crippen LogP contribution in [0.3, 0.4) is 0 Å². The molecule has 59 heavy (non-hydrogen) atoms. The fraction of sp³-hybridized carbons (Fsp3) is 0.380. The van der Waals surface area contributed by atoms with Crippen molar-refractivity contribution in [3.63, 3.8) is 0 Å². The second-order valence-electron chi connectivity index (χ2n) is 16.3. The van der Waals surface area contributed by atoms with E-state index in [1.54, 1.807) is 11.8 Å². The van der Waals surface area contributed by atoms with Crippen LogP contribution < -0.4 is 19.4 Å². The van der Waals surface area contributed by atoms with E-state index in [4.69, 9.17) is 25.5 Å². The summed E-state index contributed by atoms with van der Waals surface area (Å²) in [6.07, 6.45) is 8.69. The highest BCUT2D eigenvalue weighted by molar-refractivity contribution is 7.98. The quantitative estimate of drug-likeness (QED) is 0.114. The van der Waals surface area contributed by atoms with Crippen LogP contribution in [0, 0.1) is 6.57 Å². The monoisotopic (exact) mass is 804 g/mol. The predicted molar refractivity (Wildman–Crippen MR) is 241 cm³/mol. The van der Waals surface area contributed by atoms with E-state index in [1.165, 1.54) is 49.6 Å². The molecular formula is C50H52N4O4S. The first kappa shape index (κ1) is 38.2. The first-order valence-corrected chi connectivity index (χ1v) is 22.6. The second kappa shape index (κ2) is 15.6. The third-order valence-corrected chi connectivity index (χ3v) is 14.4. The summed E-state index contributed by atoms with van der Waals surface area (Å²) in [5.74, 6) is 0.920. The average Bonchev–Trinajstić information content (AvgIpc) is 3.62. The Hall–Kier alpha value is -4.98. The molecule has 0 amide bonds. The zero-order valence-electron chi connectivity index (χ0n) is 34.4. The van der Waals surface area contributed by atoms with Gasteiger partial charge in [-0.25, -0.2) is 4.85 Å². The van der Waals surface area contributed by atoms with Gasteiger partial charge in [0.05, 0.1) is 51.9 Å². The topological polar surface area (TPSA) is 51.0 Å². The van der Waals surface area contributed by atoms with Crippen LogP contribution in [0.2, 0.25) is 0 Å². The maximum atomic E-state index is 7.99. The van der Waals surface area contributed by atoms with Crippen molar-refractivity contribution < 1.29 is 18.9 Å². The van der Waals surface area contributed by atoms with Crippen LogP contribution in [0.4, 0.5) is 22.7 Å². The van der Waals surface area contributed by atoms with Crippen molar-refractivity contribution in [2.75, 3.05) is 99.9 Å². The molecule has 3 saturated heterocycles. The molecule has 5 aromatic rings. The molecule has 5 aliphatic rings. The molecule has 10 rings (SSSR count). The molecule has 0 radical (unpaired) electrons. The third kappa shape index (κ3) is 6.21. The highest BCUT2D eigenvalue weighted by Gasteiger charge is 2.47. The van der Waals surface area contributed by atoms with Crippen molar-refractivity contribution in [1.29, 1.82) is 0 Å². The maximum absolute atomic E-state index is 7.99. The Bertz CT molecular complexity index is 2390. The van der Waals surface area contributed by atoms with E-state index in [0.717, 1.165) is 120 Å². The van der Waals surface area contributed by atoms with Gasteiger partial charge in [0.25, 0.3) is 0 Å². The fourth-order valence-electron chi connectivity index (χ4n) is 10.4. The van der Waals surface area contributed by atoms with Crippen molar-refractivity contribution in [2.24, 2.45) is 0 Å². The molecule has 3 fully saturated rings. The lowest BCUT2D eigenvalue weighted by molar-refractivity contribution is 0.122. The lowest BCUT2D eigenvalue weighted by Crippen LogP contribution is -2.37. The van der Waals surface area contributed by atoms with E-state index in [-0.39, 0.29) is 5.41 Å². The highest BCUT2D eigenvalue weighted by Crippen LogP contribution is 2.61. The normalized spacial score (nSPS) is 19.2. The average molecular weight is 805 g/mol. The number of hydrogen-bond donors (Lipinski definition) is 0. The van der Waals surface area contributed by atoms with Crippen molar-refractivity contribution in [3.05, 3.63) is 124 Å². The first-order valence-electron chi connectivity index (χ1n) is 21.3. The van der Waals surface area contributed by atoms with Crippen LogP contribution in [0.5, 0.6) is 5.75 Å². The van der Waals surface area contributed by atoms with Gasteiger partial charge in [0.2, 0.25) is 0 Å². The Balaban J connectivity index is 1.22. The molecule has 1 aliphatic carbocycles. The number of thioether (sulfide) groups is 1. The van der Waals surface area contributed by atoms with Gasteiger partial charge in [-0.15, -0.1) is 11.8 Å². The largest absolute Gasteiger partial charge is 0.472 e. The molecule has 9 heteroatoms. The number of fused-ring (bicyclic) bond motifs is 8. The van der Waals surface area contributed by atoms with Crippen LogP contribution in [0.1, 0.15) is 54.5 Å². The third-order valence-electron chi connectivity index (χ3n) is 13.6. The van der Waals surface area contributed by atoms with Crippen LogP contribution in [-0.4, -0.2) is 85.2 Å². The lowest BCUT2D eigenvalue weighted by atomic mass is 9.71. The smallest absolute Gasteiger partial charge is 0.187 e. The Labute approximate surface area is 352 Å². The van der Waals surface area contributed by atoms with Gasteiger partial charge in [-0.3, -0.25) is 0 Å². The molecule has 4 aliphatic heterocycles. The number of nitrogens with zero attached hydrogens (tertiary/aromatic N) is 4. The molecule has 5 aromatic carbocycles. The molecule has 0 saturated carbocycles. The van der Waals surface area contributed by atoms with Gasteiger partial charge in [0.1, 0.15) is 5.75 Å². The molecule has 0 unspecified atom stereocenters. The molecule has 302 valence electrons. The molecule has 0 atom stereocenters. The fourth-order valence-corrected chi connectivity index (χ4v) is 11.1. The number of benzene rings is 5. The van der Waals surface area contributed by atoms with Gasteiger partial charge in [-0.05, 0) is 89.2 Å². The molecule has 0 bridgehead atoms. The van der Waals surface area contributed by atoms with Gasteiger partial charge < -0.3 is 33.6 Å². The van der Waals surface area contributed by atoms with Crippen molar-refractivity contribution in [1.82, 2.24) is 0 Å². The van der Waals surface area contributed by atoms with E-state index in [1.807, 2.05) is 6.07 Å². The van der Waals surface area contributed by atoms with Crippen molar-refractivity contribution in [2.45, 2.75) is 42.6 Å². The molecule has 0 N–H and O–H groups in total. The summed E-state index contributed by atoms with van der Waals surface area (Å²) in [6.45, 7) is 22.3. The van der Waals surface area contributed by atoms with Crippen LogP contribution in [0.15, 0.2) is 89.8 Å². The predicted octanol–water partition coefficient (Wildman–Crippen LogP) is 10.1. The van der Waals surface area contributed by atoms with Crippen molar-refractivity contribution >= 4 is 51.4 Å². The van der Waals surface area contributed by atoms with Crippen LogP contribution in [-0.2, 0) is 25.2 Å². The second-order valence-corrected chi connectivity index (χ2v) is 17.1. The summed E-state index contributed by atoms with van der Waals surface area (Å²) in [5, 5.41) is 2.32. The number of hydrogen-bond acceptors (Lipinski definition) is 8. The summed E-state index contributed by atoms with van der Waals surface area (Å²) in [6, 6.07) is 29.3. The molecular weight excluding hydrogens is 753 g/mol. The zero-order chi connectivity index (χ0) is 40.1. The number of morpholine rings is 3. The summed E-state index contributed by atoms with van der Waals surface area (Å²) in [7, 11) is 0. The van der Waals surface area contributed by atoms with E-state index < -0.39 is 5.60 Å². The van der Waals surface area contributed by atoms with Gasteiger partial charge in [-0.1, -0.05) is 62.4 Å². The number of ether oxygens (including phenoxy) is 4. The van der Waals surface area contributed by atoms with E-state index in [9.17, 15) is 0 Å². The molecule has 8 nitrogen and oxygen atoms in total. The summed E-state index contributed by atoms with van der Waals surface area (Å²) >= 11 is 1.79. The molecule has 0 spiro atoms. The van der Waals surface area contributed by atoms with Crippen molar-refractivity contribution in [3.8, 4) is 16.9 Å². The Kier molecular flexibility index (Phi) is 10.1. The van der Waals surface area contributed by atoms with E-state index in [2.05, 4.69) is 125 Å². The van der Waals surface area contributed by atoms with Gasteiger partial charge in [-0.2, -0.15) is 0 Å². The summed E-state index contributed by atoms with van der Waals surface area (Å²) in [5.41, 5.74) is 11.6. The number of anilines is 3. The highest BCUT2D eigenvalue weighted by atomic mass is 32.2. The maximum Gasteiger partial charge on any atom is 0.187 e. The zero-order valence-corrected chi connectivity index (χ0v) is 35.2. The lowest BCUT2D eigenvalue weighted by Gasteiger charge is -2.40. The Morgan fingerprint density at radius 3 is 1.76 bits per heavy atom. The van der Waals surface area contributed by atoms with Crippen LogP contribution >= 0.6 is 11.8 Å². The summed E-state index contributed by atoms with van der Waals surface area (Å²) < 4.78 is 25.1.